The number of allylic oxidation sites excluding steroid dienone is 2. The normalized spacial score (nSPS) is 20.1. The van der Waals surface area contributed by atoms with Gasteiger partial charge in [0.1, 0.15) is 0 Å². The van der Waals surface area contributed by atoms with Crippen molar-refractivity contribution in [3.8, 4) is 0 Å². The van der Waals surface area contributed by atoms with Crippen LogP contribution >= 0.6 is 17.0 Å². The molecule has 32 heavy (non-hydrogen) atoms. The Hall–Kier alpha value is -0.770. The average Bonchev–Trinajstić information content (AvgIpc) is 3.34. The van der Waals surface area contributed by atoms with Crippen LogP contribution in [0, 0.1) is 0 Å². The summed E-state index contributed by atoms with van der Waals surface area (Å²) in [5.41, 5.74) is 4.75. The Balaban J connectivity index is 1.76. The van der Waals surface area contributed by atoms with Gasteiger partial charge in [-0.05, 0) is 0 Å². The number of ether oxygens (including phenoxy) is 1. The third-order valence-corrected chi connectivity index (χ3v) is 30.5. The molecule has 0 spiro atoms. The van der Waals surface area contributed by atoms with Crippen molar-refractivity contribution in [2.75, 3.05) is 13.2 Å². The molecule has 0 saturated carbocycles. The van der Waals surface area contributed by atoms with Crippen LogP contribution in [-0.4, -0.2) is 24.7 Å². The molecule has 0 aromatic heterocycles. The topological polar surface area (TPSA) is 18.5 Å². The van der Waals surface area contributed by atoms with E-state index in [4.69, 9.17) is 26.2 Å². The first kappa shape index (κ1) is 24.4. The van der Waals surface area contributed by atoms with E-state index < -0.39 is 24.2 Å². The van der Waals surface area contributed by atoms with E-state index in [1.165, 1.54) is 19.9 Å². The molecule has 0 saturated heterocycles. The first-order valence-electron chi connectivity index (χ1n) is 11.3. The first-order valence-corrected chi connectivity index (χ1v) is 25.1. The summed E-state index contributed by atoms with van der Waals surface area (Å²) in [7, 11) is 14.1. The van der Waals surface area contributed by atoms with Crippen molar-refractivity contribution in [3.63, 3.8) is 0 Å². The van der Waals surface area contributed by atoms with Crippen molar-refractivity contribution < 1.29 is 25.1 Å². The van der Waals surface area contributed by atoms with Crippen molar-refractivity contribution in [2.24, 2.45) is 0 Å². The summed E-state index contributed by atoms with van der Waals surface area (Å²) in [5, 5.41) is 0. The molecule has 0 fully saturated rings. The van der Waals surface area contributed by atoms with Gasteiger partial charge in [-0.2, -0.15) is 0 Å². The van der Waals surface area contributed by atoms with E-state index in [-0.39, 0.29) is 7.25 Å². The summed E-state index contributed by atoms with van der Waals surface area (Å²) >= 11 is -4.65. The van der Waals surface area contributed by atoms with Crippen LogP contribution in [0.1, 0.15) is 43.4 Å². The molecule has 2 atom stereocenters. The third kappa shape index (κ3) is 4.23. The molecule has 6 heteroatoms. The van der Waals surface area contributed by atoms with Crippen molar-refractivity contribution >= 4 is 40.4 Å². The van der Waals surface area contributed by atoms with Gasteiger partial charge in [-0.25, -0.2) is 0 Å². The second-order valence-electron chi connectivity index (χ2n) is 10.0. The Bertz CT molecular complexity index is 1170. The molecule has 2 aromatic rings. The van der Waals surface area contributed by atoms with Crippen LogP contribution in [0.5, 0.6) is 0 Å². The zero-order valence-electron chi connectivity index (χ0n) is 19.5. The number of hydrogen-bond donors (Lipinski definition) is 0. The van der Waals surface area contributed by atoms with E-state index in [0.717, 1.165) is 11.3 Å². The Kier molecular flexibility index (Phi) is 6.68. The molecule has 2 aromatic carbocycles. The molecule has 2 aliphatic carbocycles. The molecular weight excluding hydrogens is 535 g/mol. The standard InChI is InChI=1S/C14H19O2Si.C9H7.C3H6.2ClH.Zr/c1-17(2,3)16-11-10-15-14-9-8-12-6-4-5-7-13(12)14;1-2-5-9-7-3-6-8(9)4-1;1-3-2;;;/h4-9H,10-11H2,1-3H3;1-7H;1-2H3;2*1H;/q;;;;;+2/p-2. The fourth-order valence-electron chi connectivity index (χ4n) is 4.91. The van der Waals surface area contributed by atoms with E-state index in [1.54, 1.807) is 0 Å². The Labute approximate surface area is 201 Å². The Morgan fingerprint density at radius 1 is 0.906 bits per heavy atom. The van der Waals surface area contributed by atoms with Gasteiger partial charge >= 0.3 is 202 Å². The van der Waals surface area contributed by atoms with Gasteiger partial charge in [-0.3, -0.25) is 0 Å². The fraction of sp³-hybridized carbons (Fsp3) is 0.346. The molecule has 0 amide bonds. The number of fused-ring (bicyclic) bond motifs is 2. The minimum absolute atomic E-state index is 0.0323. The predicted octanol–water partition coefficient (Wildman–Crippen LogP) is 7.93. The molecule has 0 heterocycles. The monoisotopic (exact) mass is 564 g/mol. The molecule has 2 nitrogen and oxygen atoms in total. The molecular formula is C26H32Cl2O2SiZr. The Morgan fingerprint density at radius 3 is 2.25 bits per heavy atom. The van der Waals surface area contributed by atoms with Gasteiger partial charge in [0.2, 0.25) is 0 Å². The zero-order valence-corrected chi connectivity index (χ0v) is 24.5. The second kappa shape index (κ2) is 8.78. The molecule has 2 unspecified atom stereocenters. The number of hydrogen-bond acceptors (Lipinski definition) is 2. The van der Waals surface area contributed by atoms with Crippen molar-refractivity contribution in [3.05, 3.63) is 82.9 Å². The molecule has 170 valence electrons. The number of rotatable bonds is 7. The van der Waals surface area contributed by atoms with Gasteiger partial charge in [-0.15, -0.1) is 0 Å². The van der Waals surface area contributed by atoms with Gasteiger partial charge in [0.05, 0.1) is 0 Å². The van der Waals surface area contributed by atoms with E-state index in [1.807, 2.05) is 0 Å². The Morgan fingerprint density at radius 2 is 1.56 bits per heavy atom. The predicted molar refractivity (Wildman–Crippen MR) is 139 cm³/mol. The van der Waals surface area contributed by atoms with Crippen LogP contribution in [0.25, 0.3) is 11.8 Å². The fourth-order valence-corrected chi connectivity index (χ4v) is 20.3. The maximum absolute atomic E-state index is 7.85. The van der Waals surface area contributed by atoms with Crippen LogP contribution < -0.4 is 0 Å². The quantitative estimate of drug-likeness (QED) is 0.250. The summed E-state index contributed by atoms with van der Waals surface area (Å²) in [6.45, 7) is 11.9. The van der Waals surface area contributed by atoms with Crippen LogP contribution in [-0.2, 0) is 25.1 Å². The molecule has 0 radical (unpaired) electrons. The summed E-state index contributed by atoms with van der Waals surface area (Å²) in [6, 6.07) is 16.9. The van der Waals surface area contributed by atoms with Gasteiger partial charge in [0.25, 0.3) is 0 Å². The van der Waals surface area contributed by atoms with Crippen molar-refractivity contribution in [2.45, 2.75) is 40.7 Å². The van der Waals surface area contributed by atoms with E-state index >= 15 is 0 Å². The summed E-state index contributed by atoms with van der Waals surface area (Å²) in [6.07, 6.45) is 6.61. The van der Waals surface area contributed by atoms with Gasteiger partial charge in [-0.1, -0.05) is 0 Å². The maximum atomic E-state index is 7.85. The second-order valence-corrected chi connectivity index (χ2v) is 36.5. The van der Waals surface area contributed by atoms with E-state index in [2.05, 4.69) is 100 Å². The number of halogens is 2. The van der Waals surface area contributed by atoms with Gasteiger partial charge in [0.15, 0.2) is 0 Å². The van der Waals surface area contributed by atoms with Gasteiger partial charge < -0.3 is 0 Å². The summed E-state index contributed by atoms with van der Waals surface area (Å²) in [5.74, 6) is 0.878. The molecule has 0 bridgehead atoms. The van der Waals surface area contributed by atoms with Crippen LogP contribution in [0.2, 0.25) is 19.6 Å². The van der Waals surface area contributed by atoms with Crippen molar-refractivity contribution in [1.29, 1.82) is 0 Å². The molecule has 4 rings (SSSR count). The molecule has 0 N–H and O–H groups in total. The zero-order chi connectivity index (χ0) is 23.2. The third-order valence-electron chi connectivity index (χ3n) is 6.65. The van der Waals surface area contributed by atoms with Crippen LogP contribution in [0.4, 0.5) is 0 Å². The van der Waals surface area contributed by atoms with Crippen LogP contribution in [0.15, 0.2) is 60.7 Å². The van der Waals surface area contributed by atoms with Gasteiger partial charge in [0, 0.05) is 0 Å². The SMILES string of the molecule is C[C](C)=[Zr]([Cl])([Cl])([CH]1C=Cc2ccccc21)[CH]1C=C(OCCO[Si](C)(C)C)c2ccccc21. The van der Waals surface area contributed by atoms with Crippen molar-refractivity contribution in [1.82, 2.24) is 0 Å². The van der Waals surface area contributed by atoms with E-state index in [9.17, 15) is 0 Å². The summed E-state index contributed by atoms with van der Waals surface area (Å²) < 4.78 is 13.4. The molecule has 0 aliphatic heterocycles. The minimum atomic E-state index is -4.65. The van der Waals surface area contributed by atoms with Crippen LogP contribution in [0.3, 0.4) is 0 Å². The first-order chi connectivity index (χ1) is 15.0. The average molecular weight is 567 g/mol. The molecule has 2 aliphatic rings. The van der Waals surface area contributed by atoms with E-state index in [0.29, 0.717) is 13.2 Å². The summed E-state index contributed by atoms with van der Waals surface area (Å²) in [4.78, 5) is 0. The number of benzene rings is 2.